The van der Waals surface area contributed by atoms with Gasteiger partial charge in [-0.3, -0.25) is 4.21 Å². The third-order valence-corrected chi connectivity index (χ3v) is 5.93. The Hall–Kier alpha value is -0.450. The van der Waals surface area contributed by atoms with Gasteiger partial charge in [0.05, 0.1) is 5.25 Å². The maximum absolute atomic E-state index is 13.7. The molecule has 20 heavy (non-hydrogen) atoms. The smallest absolute Gasteiger partial charge is 0.127 e. The Balaban J connectivity index is 2.00. The van der Waals surface area contributed by atoms with Crippen LogP contribution in [-0.4, -0.2) is 21.3 Å². The highest BCUT2D eigenvalue weighted by Crippen LogP contribution is 2.24. The molecule has 0 aromatic heterocycles. The summed E-state index contributed by atoms with van der Waals surface area (Å²) in [6.45, 7) is 2.40. The van der Waals surface area contributed by atoms with Crippen LogP contribution in [0.2, 0.25) is 5.02 Å². The number of halogens is 2. The molecule has 1 N–H and O–H groups in total. The lowest BCUT2D eigenvalue weighted by Gasteiger charge is -2.31. The van der Waals surface area contributed by atoms with Crippen molar-refractivity contribution in [2.45, 2.75) is 50.4 Å². The van der Waals surface area contributed by atoms with Crippen molar-refractivity contribution in [3.05, 3.63) is 34.6 Å². The highest BCUT2D eigenvalue weighted by atomic mass is 35.5. The molecule has 1 aliphatic rings. The van der Waals surface area contributed by atoms with E-state index in [-0.39, 0.29) is 17.1 Å². The quantitative estimate of drug-likeness (QED) is 0.898. The molecule has 112 valence electrons. The summed E-state index contributed by atoms with van der Waals surface area (Å²) >= 11 is 5.90. The van der Waals surface area contributed by atoms with E-state index in [9.17, 15) is 8.60 Å². The minimum absolute atomic E-state index is 0.191. The van der Waals surface area contributed by atoms with Crippen LogP contribution in [0.5, 0.6) is 0 Å². The summed E-state index contributed by atoms with van der Waals surface area (Å²) in [5.41, 5.74) is 0.573. The van der Waals surface area contributed by atoms with E-state index >= 15 is 0 Å². The van der Waals surface area contributed by atoms with Crippen molar-refractivity contribution >= 4 is 22.4 Å². The molecule has 1 aliphatic carbocycles. The highest BCUT2D eigenvalue weighted by molar-refractivity contribution is 7.85. The van der Waals surface area contributed by atoms with E-state index in [1.807, 2.05) is 6.92 Å². The van der Waals surface area contributed by atoms with E-state index in [0.717, 1.165) is 25.7 Å². The van der Waals surface area contributed by atoms with Crippen molar-refractivity contribution in [3.63, 3.8) is 0 Å². The van der Waals surface area contributed by atoms with Gasteiger partial charge < -0.3 is 5.32 Å². The minimum Gasteiger partial charge on any atom is -0.309 e. The van der Waals surface area contributed by atoms with E-state index in [2.05, 4.69) is 5.32 Å². The molecule has 0 saturated heterocycles. The Morgan fingerprint density at radius 3 is 2.90 bits per heavy atom. The predicted octanol–water partition coefficient (Wildman–Crippen LogP) is 3.65. The average molecular weight is 318 g/mol. The maximum atomic E-state index is 13.7. The monoisotopic (exact) mass is 317 g/mol. The van der Waals surface area contributed by atoms with Gasteiger partial charge in [0.15, 0.2) is 0 Å². The van der Waals surface area contributed by atoms with Crippen LogP contribution < -0.4 is 5.32 Å². The van der Waals surface area contributed by atoms with Gasteiger partial charge in [0.25, 0.3) is 0 Å². The molecule has 2 nitrogen and oxygen atoms in total. The number of benzene rings is 1. The Bertz CT molecular complexity index is 483. The lowest BCUT2D eigenvalue weighted by molar-refractivity contribution is 0.375. The van der Waals surface area contributed by atoms with E-state index in [1.165, 1.54) is 6.07 Å². The van der Waals surface area contributed by atoms with Crippen molar-refractivity contribution in [2.24, 2.45) is 0 Å². The average Bonchev–Trinajstić information content (AvgIpc) is 2.47. The van der Waals surface area contributed by atoms with Crippen LogP contribution in [-0.2, 0) is 17.3 Å². The first-order valence-electron chi connectivity index (χ1n) is 7.16. The standard InChI is InChI=1S/C15H21ClFNOS/c1-2-20(19)15-6-4-3-5-14(15)18-10-11-9-12(16)7-8-13(11)17/h7-9,14-15,18H,2-6,10H2,1H3/t14-,15-,20+/m1/s1. The van der Waals surface area contributed by atoms with Crippen LogP contribution in [0.25, 0.3) is 0 Å². The van der Waals surface area contributed by atoms with Crippen molar-refractivity contribution in [3.8, 4) is 0 Å². The molecule has 5 heteroatoms. The van der Waals surface area contributed by atoms with Crippen LogP contribution in [0.3, 0.4) is 0 Å². The summed E-state index contributed by atoms with van der Waals surface area (Å²) < 4.78 is 25.8. The molecule has 0 amide bonds. The van der Waals surface area contributed by atoms with Crippen LogP contribution in [0.15, 0.2) is 18.2 Å². The van der Waals surface area contributed by atoms with Crippen LogP contribution in [0, 0.1) is 5.82 Å². The maximum Gasteiger partial charge on any atom is 0.127 e. The minimum atomic E-state index is -0.793. The lowest BCUT2D eigenvalue weighted by Crippen LogP contribution is -2.44. The molecular weight excluding hydrogens is 297 g/mol. The Morgan fingerprint density at radius 1 is 1.40 bits per heavy atom. The molecule has 1 saturated carbocycles. The zero-order chi connectivity index (χ0) is 14.5. The molecule has 0 heterocycles. The van der Waals surface area contributed by atoms with Gasteiger partial charge in [-0.05, 0) is 31.0 Å². The van der Waals surface area contributed by atoms with Gasteiger partial charge in [-0.2, -0.15) is 0 Å². The van der Waals surface area contributed by atoms with Crippen molar-refractivity contribution in [2.75, 3.05) is 5.75 Å². The largest absolute Gasteiger partial charge is 0.309 e. The van der Waals surface area contributed by atoms with Crippen molar-refractivity contribution in [1.29, 1.82) is 0 Å². The van der Waals surface area contributed by atoms with Gasteiger partial charge in [0.1, 0.15) is 5.82 Å². The molecule has 1 fully saturated rings. The second-order valence-electron chi connectivity index (χ2n) is 5.22. The van der Waals surface area contributed by atoms with E-state index in [4.69, 9.17) is 11.6 Å². The van der Waals surface area contributed by atoms with Gasteiger partial charge in [0, 0.05) is 39.7 Å². The highest BCUT2D eigenvalue weighted by Gasteiger charge is 2.28. The summed E-state index contributed by atoms with van der Waals surface area (Å²) in [5, 5.41) is 4.11. The molecule has 0 radical (unpaired) electrons. The topological polar surface area (TPSA) is 29.1 Å². The van der Waals surface area contributed by atoms with Crippen LogP contribution in [0.4, 0.5) is 4.39 Å². The Morgan fingerprint density at radius 2 is 2.15 bits per heavy atom. The number of nitrogens with one attached hydrogen (secondary N) is 1. The Labute approximate surface area is 127 Å². The van der Waals surface area contributed by atoms with Crippen molar-refractivity contribution < 1.29 is 8.60 Å². The van der Waals surface area contributed by atoms with Gasteiger partial charge in [-0.25, -0.2) is 4.39 Å². The summed E-state index contributed by atoms with van der Waals surface area (Å²) in [6.07, 6.45) is 4.29. The van der Waals surface area contributed by atoms with Crippen molar-refractivity contribution in [1.82, 2.24) is 5.32 Å². The Kier molecular flexibility index (Phi) is 6.00. The first kappa shape index (κ1) is 15.9. The summed E-state index contributed by atoms with van der Waals surface area (Å²) in [7, 11) is -0.793. The molecule has 1 aromatic rings. The van der Waals surface area contributed by atoms with Gasteiger partial charge >= 0.3 is 0 Å². The summed E-state index contributed by atoms with van der Waals surface area (Å²) in [5.74, 6) is 0.444. The summed E-state index contributed by atoms with van der Waals surface area (Å²) in [4.78, 5) is 0. The molecule has 0 spiro atoms. The number of hydrogen-bond acceptors (Lipinski definition) is 2. The van der Waals surface area contributed by atoms with Gasteiger partial charge in [-0.15, -0.1) is 0 Å². The molecule has 0 unspecified atom stereocenters. The number of hydrogen-bond donors (Lipinski definition) is 1. The first-order valence-corrected chi connectivity index (χ1v) is 8.92. The van der Waals surface area contributed by atoms with E-state index in [1.54, 1.807) is 12.1 Å². The lowest BCUT2D eigenvalue weighted by atomic mass is 9.94. The van der Waals surface area contributed by atoms with Gasteiger partial charge in [0.2, 0.25) is 0 Å². The third kappa shape index (κ3) is 4.03. The van der Waals surface area contributed by atoms with Gasteiger partial charge in [-0.1, -0.05) is 31.4 Å². The third-order valence-electron chi connectivity index (χ3n) is 3.89. The zero-order valence-electron chi connectivity index (χ0n) is 11.7. The molecule has 0 bridgehead atoms. The fourth-order valence-corrected chi connectivity index (χ4v) is 4.43. The normalized spacial score (nSPS) is 24.6. The molecule has 2 rings (SSSR count). The first-order chi connectivity index (χ1) is 9.61. The van der Waals surface area contributed by atoms with Crippen LogP contribution in [0.1, 0.15) is 38.2 Å². The molecular formula is C15H21ClFNOS. The molecule has 1 aromatic carbocycles. The SMILES string of the molecule is CC[S@](=O)[C@@H]1CCCC[C@H]1NCc1cc(Cl)ccc1F. The zero-order valence-corrected chi connectivity index (χ0v) is 13.3. The van der Waals surface area contributed by atoms with E-state index < -0.39 is 10.8 Å². The molecule has 3 atom stereocenters. The van der Waals surface area contributed by atoms with Crippen LogP contribution >= 0.6 is 11.6 Å². The predicted molar refractivity (Wildman–Crippen MR) is 83.0 cm³/mol. The van der Waals surface area contributed by atoms with E-state index in [0.29, 0.717) is 22.9 Å². The fourth-order valence-electron chi connectivity index (χ4n) is 2.78. The second kappa shape index (κ2) is 7.53. The molecule has 0 aliphatic heterocycles. The fraction of sp³-hybridized carbons (Fsp3) is 0.600. The summed E-state index contributed by atoms with van der Waals surface area (Å²) in [6, 6.07) is 4.80. The second-order valence-corrected chi connectivity index (χ2v) is 7.60. The number of rotatable bonds is 5.